The van der Waals surface area contributed by atoms with Crippen molar-refractivity contribution in [3.8, 4) is 11.5 Å². The highest BCUT2D eigenvalue weighted by Gasteiger charge is 2.34. The Morgan fingerprint density at radius 2 is 1.89 bits per heavy atom. The summed E-state index contributed by atoms with van der Waals surface area (Å²) in [7, 11) is 0. The number of ether oxygens (including phenoxy) is 2. The predicted molar refractivity (Wildman–Crippen MR) is 71.6 cm³/mol. The lowest BCUT2D eigenvalue weighted by Crippen LogP contribution is -2.41. The zero-order valence-corrected chi connectivity index (χ0v) is 11.4. The number of carbonyl (C=O) groups is 1. The number of rotatable bonds is 3. The first-order chi connectivity index (χ1) is 9.07. The van der Waals surface area contributed by atoms with Crippen molar-refractivity contribution in [3.63, 3.8) is 0 Å². The largest absolute Gasteiger partial charge is 0.486 e. The van der Waals surface area contributed by atoms with Crippen LogP contribution in [0.4, 0.5) is 0 Å². The maximum Gasteiger partial charge on any atom is 0.230 e. The molecular weight excluding hydrogens is 242 g/mol. The van der Waals surface area contributed by atoms with E-state index >= 15 is 0 Å². The minimum absolute atomic E-state index is 0.0756. The summed E-state index contributed by atoms with van der Waals surface area (Å²) in [6.07, 6.45) is 2.20. The van der Waals surface area contributed by atoms with Gasteiger partial charge in [0.25, 0.3) is 0 Å². The van der Waals surface area contributed by atoms with Gasteiger partial charge in [-0.2, -0.15) is 0 Å². The van der Waals surface area contributed by atoms with Crippen molar-refractivity contribution in [2.24, 2.45) is 0 Å². The zero-order chi connectivity index (χ0) is 13.5. The van der Waals surface area contributed by atoms with Crippen molar-refractivity contribution >= 4 is 5.91 Å². The Hall–Kier alpha value is -1.71. The van der Waals surface area contributed by atoms with E-state index in [1.54, 1.807) is 0 Å². The average molecular weight is 261 g/mol. The molecule has 4 heteroatoms. The number of nitrogens with one attached hydrogen (secondary N) is 1. The molecule has 4 nitrogen and oxygen atoms in total. The van der Waals surface area contributed by atoms with Gasteiger partial charge in [0.2, 0.25) is 5.91 Å². The van der Waals surface area contributed by atoms with Crippen molar-refractivity contribution in [3.05, 3.63) is 23.8 Å². The Morgan fingerprint density at radius 3 is 2.58 bits per heavy atom. The van der Waals surface area contributed by atoms with Crippen molar-refractivity contribution < 1.29 is 14.3 Å². The highest BCUT2D eigenvalue weighted by atomic mass is 16.6. The van der Waals surface area contributed by atoms with Gasteiger partial charge in [-0.25, -0.2) is 0 Å². The van der Waals surface area contributed by atoms with Crippen LogP contribution in [-0.4, -0.2) is 25.2 Å². The van der Waals surface area contributed by atoms with E-state index in [0.29, 0.717) is 19.3 Å². The number of fused-ring (bicyclic) bond motifs is 1. The first-order valence-electron chi connectivity index (χ1n) is 6.78. The molecule has 3 rings (SSSR count). The molecule has 1 fully saturated rings. The molecule has 0 saturated heterocycles. The predicted octanol–water partition coefficient (Wildman–Crippen LogP) is 2.01. The smallest absolute Gasteiger partial charge is 0.230 e. The van der Waals surface area contributed by atoms with E-state index in [-0.39, 0.29) is 5.91 Å². The average Bonchev–Trinajstić information content (AvgIpc) is 3.22. The first-order valence-corrected chi connectivity index (χ1v) is 6.78. The third-order valence-corrected chi connectivity index (χ3v) is 3.74. The van der Waals surface area contributed by atoms with Gasteiger partial charge in [0.1, 0.15) is 13.2 Å². The third kappa shape index (κ3) is 2.39. The van der Waals surface area contributed by atoms with E-state index in [2.05, 4.69) is 5.32 Å². The fourth-order valence-electron chi connectivity index (χ4n) is 2.16. The van der Waals surface area contributed by atoms with Gasteiger partial charge in [0, 0.05) is 6.04 Å². The van der Waals surface area contributed by atoms with Crippen LogP contribution >= 0.6 is 0 Å². The maximum absolute atomic E-state index is 12.3. The molecule has 0 bridgehead atoms. The van der Waals surface area contributed by atoms with Gasteiger partial charge in [0.05, 0.1) is 5.41 Å². The molecule has 0 aromatic heterocycles. The Bertz CT molecular complexity index is 506. The molecule has 0 atom stereocenters. The minimum Gasteiger partial charge on any atom is -0.486 e. The summed E-state index contributed by atoms with van der Waals surface area (Å²) in [5.41, 5.74) is 0.396. The summed E-state index contributed by atoms with van der Waals surface area (Å²) in [6, 6.07) is 6.13. The Morgan fingerprint density at radius 1 is 1.21 bits per heavy atom. The summed E-state index contributed by atoms with van der Waals surface area (Å²) < 4.78 is 11.1. The summed E-state index contributed by atoms with van der Waals surface area (Å²) in [6.45, 7) is 5.02. The number of amides is 1. The number of benzene rings is 1. The second kappa shape index (κ2) is 4.44. The number of hydrogen-bond acceptors (Lipinski definition) is 3. The van der Waals surface area contributed by atoms with Crippen LogP contribution in [0.5, 0.6) is 11.5 Å². The van der Waals surface area contributed by atoms with Crippen LogP contribution < -0.4 is 14.8 Å². The van der Waals surface area contributed by atoms with E-state index in [0.717, 1.165) is 29.9 Å². The van der Waals surface area contributed by atoms with Gasteiger partial charge < -0.3 is 14.8 Å². The molecule has 0 spiro atoms. The lowest BCUT2D eigenvalue weighted by atomic mass is 9.83. The fraction of sp³-hybridized carbons (Fsp3) is 0.533. The molecule has 1 aliphatic heterocycles. The van der Waals surface area contributed by atoms with Gasteiger partial charge in [-0.3, -0.25) is 4.79 Å². The molecule has 1 aromatic rings. The molecule has 1 heterocycles. The summed E-state index contributed by atoms with van der Waals surface area (Å²) in [4.78, 5) is 12.3. The van der Waals surface area contributed by atoms with Gasteiger partial charge in [0.15, 0.2) is 11.5 Å². The maximum atomic E-state index is 12.3. The normalized spacial score (nSPS) is 18.0. The second-order valence-corrected chi connectivity index (χ2v) is 5.73. The monoisotopic (exact) mass is 261 g/mol. The Labute approximate surface area is 113 Å². The summed E-state index contributed by atoms with van der Waals surface area (Å²) in [5.74, 6) is 1.57. The van der Waals surface area contributed by atoms with Crippen LogP contribution in [0.1, 0.15) is 32.3 Å². The SMILES string of the molecule is CC(C)(C(=O)NC1CC1)c1ccc2c(c1)OCCO2. The van der Waals surface area contributed by atoms with Crippen molar-refractivity contribution in [1.29, 1.82) is 0 Å². The molecule has 1 aliphatic carbocycles. The van der Waals surface area contributed by atoms with E-state index in [9.17, 15) is 4.79 Å². The van der Waals surface area contributed by atoms with E-state index in [1.807, 2.05) is 32.0 Å². The quantitative estimate of drug-likeness (QED) is 0.905. The van der Waals surface area contributed by atoms with Gasteiger partial charge in [-0.05, 0) is 44.4 Å². The van der Waals surface area contributed by atoms with Crippen LogP contribution in [0.2, 0.25) is 0 Å². The van der Waals surface area contributed by atoms with Gasteiger partial charge >= 0.3 is 0 Å². The van der Waals surface area contributed by atoms with Crippen LogP contribution in [0.3, 0.4) is 0 Å². The molecule has 0 radical (unpaired) electrons. The van der Waals surface area contributed by atoms with Gasteiger partial charge in [-0.15, -0.1) is 0 Å². The first kappa shape index (κ1) is 12.3. The molecular formula is C15H19NO3. The second-order valence-electron chi connectivity index (χ2n) is 5.73. The zero-order valence-electron chi connectivity index (χ0n) is 11.4. The molecule has 102 valence electrons. The van der Waals surface area contributed by atoms with Crippen LogP contribution in [0, 0.1) is 0 Å². The molecule has 1 saturated carbocycles. The van der Waals surface area contributed by atoms with Crippen molar-refractivity contribution in [2.45, 2.75) is 38.1 Å². The molecule has 1 N–H and O–H groups in total. The molecule has 1 aromatic carbocycles. The van der Waals surface area contributed by atoms with E-state index < -0.39 is 5.41 Å². The van der Waals surface area contributed by atoms with E-state index in [4.69, 9.17) is 9.47 Å². The topological polar surface area (TPSA) is 47.6 Å². The minimum atomic E-state index is -0.557. The molecule has 1 amide bonds. The highest BCUT2D eigenvalue weighted by molar-refractivity contribution is 5.88. The van der Waals surface area contributed by atoms with E-state index in [1.165, 1.54) is 0 Å². The molecule has 0 unspecified atom stereocenters. The standard InChI is InChI=1S/C15H19NO3/c1-15(2,14(17)16-11-4-5-11)10-3-6-12-13(9-10)19-8-7-18-12/h3,6,9,11H,4-5,7-8H2,1-2H3,(H,16,17). The molecule has 2 aliphatic rings. The Balaban J connectivity index is 1.84. The lowest BCUT2D eigenvalue weighted by Gasteiger charge is -2.26. The summed E-state index contributed by atoms with van der Waals surface area (Å²) >= 11 is 0. The van der Waals surface area contributed by atoms with Crippen LogP contribution in [-0.2, 0) is 10.2 Å². The number of hydrogen-bond donors (Lipinski definition) is 1. The molecule has 19 heavy (non-hydrogen) atoms. The van der Waals surface area contributed by atoms with Crippen molar-refractivity contribution in [1.82, 2.24) is 5.32 Å². The fourth-order valence-corrected chi connectivity index (χ4v) is 2.16. The lowest BCUT2D eigenvalue weighted by molar-refractivity contribution is -0.125. The van der Waals surface area contributed by atoms with Crippen molar-refractivity contribution in [2.75, 3.05) is 13.2 Å². The Kier molecular flexibility index (Phi) is 2.88. The summed E-state index contributed by atoms with van der Waals surface area (Å²) in [5, 5.41) is 3.06. The third-order valence-electron chi connectivity index (χ3n) is 3.74. The van der Waals surface area contributed by atoms with Gasteiger partial charge in [-0.1, -0.05) is 6.07 Å². The van der Waals surface area contributed by atoms with Crippen LogP contribution in [0.15, 0.2) is 18.2 Å². The highest BCUT2D eigenvalue weighted by Crippen LogP contribution is 2.35. The van der Waals surface area contributed by atoms with Crippen LogP contribution in [0.25, 0.3) is 0 Å². The number of carbonyl (C=O) groups excluding carboxylic acids is 1.